The summed E-state index contributed by atoms with van der Waals surface area (Å²) in [6.07, 6.45) is 1.41. The molecule has 0 aliphatic heterocycles. The minimum Gasteiger partial charge on any atom is -0.262 e. The predicted molar refractivity (Wildman–Crippen MR) is 90.5 cm³/mol. The Balaban J connectivity index is 0.00000176. The second-order valence-electron chi connectivity index (χ2n) is 4.70. The van der Waals surface area contributed by atoms with Crippen LogP contribution in [0, 0.1) is 0 Å². The van der Waals surface area contributed by atoms with Crippen LogP contribution in [0.3, 0.4) is 0 Å². The van der Waals surface area contributed by atoms with Crippen molar-refractivity contribution in [3.63, 3.8) is 0 Å². The smallest absolute Gasteiger partial charge is 0.262 e. The van der Waals surface area contributed by atoms with Gasteiger partial charge in [-0.15, -0.1) is 6.58 Å². The van der Waals surface area contributed by atoms with Gasteiger partial charge in [-0.2, -0.15) is 8.42 Å². The molecule has 22 heavy (non-hydrogen) atoms. The van der Waals surface area contributed by atoms with Crippen LogP contribution in [0.5, 0.6) is 0 Å². The van der Waals surface area contributed by atoms with Crippen LogP contribution in [-0.2, 0) is 14.3 Å². The van der Waals surface area contributed by atoms with Gasteiger partial charge in [-0.1, -0.05) is 42.5 Å². The van der Waals surface area contributed by atoms with Gasteiger partial charge < -0.3 is 0 Å². The molecule has 0 N–H and O–H groups in total. The summed E-state index contributed by atoms with van der Waals surface area (Å²) in [5.41, 5.74) is 0. The molecule has 0 atom stereocenters. The molecule has 1 radical (unpaired) electrons. The van der Waals surface area contributed by atoms with Gasteiger partial charge in [0, 0.05) is 56.8 Å². The molecule has 0 bridgehead atoms. The van der Waals surface area contributed by atoms with Crippen molar-refractivity contribution >= 4 is 83.0 Å². The Morgan fingerprint density at radius 2 is 1.59 bits per heavy atom. The van der Waals surface area contributed by atoms with E-state index in [-0.39, 0.29) is 62.9 Å². The number of hydrogen-bond acceptors (Lipinski definition) is 3. The van der Waals surface area contributed by atoms with Crippen molar-refractivity contribution in [2.45, 2.75) is 4.90 Å². The van der Waals surface area contributed by atoms with E-state index in [0.29, 0.717) is 5.39 Å². The number of hydrogen-bond donors (Lipinski definition) is 0. The molecular weight excluding hydrogens is 323 g/mol. The second-order valence-corrected chi connectivity index (χ2v) is 6.29. The molecule has 0 saturated carbocycles. The van der Waals surface area contributed by atoms with E-state index < -0.39 is 10.1 Å². The third kappa shape index (κ3) is 3.51. The van der Waals surface area contributed by atoms with Crippen LogP contribution in [0.2, 0.25) is 0 Å². The minimum atomic E-state index is -3.79. The molecule has 0 fully saturated rings. The molecule has 3 aromatic carbocycles. The molecule has 0 unspecified atom stereocenters. The first kappa shape index (κ1) is 17.8. The summed E-state index contributed by atoms with van der Waals surface area (Å²) in [4.78, 5) is 0.188. The Kier molecular flexibility index (Phi) is 5.96. The Hall–Kier alpha value is -0.534. The van der Waals surface area contributed by atoms with Gasteiger partial charge in [-0.25, -0.2) is 0 Å². The molecule has 0 aliphatic carbocycles. The normalized spacial score (nSPS) is 11.3. The van der Waals surface area contributed by atoms with Crippen LogP contribution in [0.15, 0.2) is 72.1 Å². The largest absolute Gasteiger partial charge is 0.297 e. The van der Waals surface area contributed by atoms with Gasteiger partial charge in [0.05, 0.1) is 6.61 Å². The van der Waals surface area contributed by atoms with Crippen molar-refractivity contribution in [2.75, 3.05) is 6.61 Å². The fourth-order valence-corrected chi connectivity index (χ4v) is 3.45. The maximum atomic E-state index is 12.3. The standard InChI is InChI=1S/C17H14O3S.K/c1-2-10-20-21(18,19)17-9-5-8-15-11-13-6-3-4-7-14(13)12-16(15)17;/h2-9,11-12H,1,10H2;. The number of benzene rings is 3. The van der Waals surface area contributed by atoms with Gasteiger partial charge >= 0.3 is 0 Å². The summed E-state index contributed by atoms with van der Waals surface area (Å²) in [6, 6.07) is 16.9. The van der Waals surface area contributed by atoms with Gasteiger partial charge in [0.25, 0.3) is 10.1 Å². The Bertz CT molecular complexity index is 933. The zero-order valence-corrected chi connectivity index (χ0v) is 16.3. The van der Waals surface area contributed by atoms with Crippen molar-refractivity contribution < 1.29 is 12.6 Å². The maximum Gasteiger partial charge on any atom is 0.297 e. The van der Waals surface area contributed by atoms with E-state index in [9.17, 15) is 8.42 Å². The van der Waals surface area contributed by atoms with E-state index in [1.165, 1.54) is 6.08 Å². The molecule has 0 aromatic heterocycles. The summed E-state index contributed by atoms with van der Waals surface area (Å²) >= 11 is 0. The molecule has 3 rings (SSSR count). The maximum absolute atomic E-state index is 12.3. The van der Waals surface area contributed by atoms with Gasteiger partial charge in [0.2, 0.25) is 0 Å². The monoisotopic (exact) mass is 337 g/mol. The first-order chi connectivity index (χ1) is 10.1. The Morgan fingerprint density at radius 3 is 2.27 bits per heavy atom. The quantitative estimate of drug-likeness (QED) is 0.317. The zero-order valence-electron chi connectivity index (χ0n) is 12.3. The fraction of sp³-hybridized carbons (Fsp3) is 0.0588. The summed E-state index contributed by atoms with van der Waals surface area (Å²) in [5.74, 6) is 0. The molecule has 0 aliphatic rings. The Morgan fingerprint density at radius 1 is 0.955 bits per heavy atom. The molecule has 0 spiro atoms. The molecule has 0 heterocycles. The van der Waals surface area contributed by atoms with Crippen LogP contribution in [-0.4, -0.2) is 66.4 Å². The van der Waals surface area contributed by atoms with E-state index in [1.54, 1.807) is 12.1 Å². The van der Waals surface area contributed by atoms with Gasteiger partial charge in [0.1, 0.15) is 4.90 Å². The summed E-state index contributed by atoms with van der Waals surface area (Å²) in [7, 11) is -3.79. The summed E-state index contributed by atoms with van der Waals surface area (Å²) in [5, 5.41) is 3.61. The summed E-state index contributed by atoms with van der Waals surface area (Å²) < 4.78 is 29.5. The van der Waals surface area contributed by atoms with Gasteiger partial charge in [0.15, 0.2) is 0 Å². The number of fused-ring (bicyclic) bond motifs is 2. The first-order valence-corrected chi connectivity index (χ1v) is 7.94. The van der Waals surface area contributed by atoms with E-state index in [0.717, 1.165) is 16.2 Å². The zero-order chi connectivity index (χ0) is 14.9. The first-order valence-electron chi connectivity index (χ1n) is 6.54. The molecule has 0 saturated heterocycles. The van der Waals surface area contributed by atoms with E-state index in [1.807, 2.05) is 42.5 Å². The van der Waals surface area contributed by atoms with E-state index in [2.05, 4.69) is 6.58 Å². The van der Waals surface area contributed by atoms with Gasteiger partial charge in [-0.3, -0.25) is 4.18 Å². The topological polar surface area (TPSA) is 43.4 Å². The molecule has 3 aromatic rings. The Labute approximate surface area is 172 Å². The molecule has 5 heteroatoms. The average molecular weight is 337 g/mol. The van der Waals surface area contributed by atoms with Crippen LogP contribution in [0.4, 0.5) is 0 Å². The molecule has 107 valence electrons. The second kappa shape index (κ2) is 7.36. The molecular formula is C17H14KO3S. The van der Waals surface area contributed by atoms with Crippen molar-refractivity contribution in [2.24, 2.45) is 0 Å². The van der Waals surface area contributed by atoms with Crippen molar-refractivity contribution in [1.29, 1.82) is 0 Å². The van der Waals surface area contributed by atoms with Crippen molar-refractivity contribution in [3.8, 4) is 0 Å². The molecule has 0 amide bonds. The van der Waals surface area contributed by atoms with E-state index in [4.69, 9.17) is 4.18 Å². The van der Waals surface area contributed by atoms with E-state index >= 15 is 0 Å². The van der Waals surface area contributed by atoms with Gasteiger partial charge in [-0.05, 0) is 34.4 Å². The average Bonchev–Trinajstić information content (AvgIpc) is 2.50. The molecule has 3 nitrogen and oxygen atoms in total. The van der Waals surface area contributed by atoms with Crippen LogP contribution in [0.25, 0.3) is 21.5 Å². The SMILES string of the molecule is C=CCOS(=O)(=O)c1cccc2cc3ccccc3cc12.[K]. The van der Waals surface area contributed by atoms with Crippen LogP contribution in [0.1, 0.15) is 0 Å². The number of rotatable bonds is 4. The summed E-state index contributed by atoms with van der Waals surface area (Å²) in [6.45, 7) is 3.44. The van der Waals surface area contributed by atoms with Crippen LogP contribution < -0.4 is 0 Å². The predicted octanol–water partition coefficient (Wildman–Crippen LogP) is 3.50. The third-order valence-corrected chi connectivity index (χ3v) is 4.66. The van der Waals surface area contributed by atoms with Crippen molar-refractivity contribution in [1.82, 2.24) is 0 Å². The van der Waals surface area contributed by atoms with Crippen molar-refractivity contribution in [3.05, 3.63) is 67.3 Å². The fourth-order valence-electron chi connectivity index (χ4n) is 2.36. The minimum absolute atomic E-state index is 0. The van der Waals surface area contributed by atoms with Crippen LogP contribution >= 0.6 is 0 Å². The third-order valence-electron chi connectivity index (χ3n) is 3.32.